The Morgan fingerprint density at radius 1 is 0.913 bits per heavy atom. The normalized spacial score (nSPS) is 11.6. The lowest BCUT2D eigenvalue weighted by molar-refractivity contribution is -0.428. The molecule has 5 heteroatoms. The average Bonchev–Trinajstić information content (AvgIpc) is 2.50. The van der Waals surface area contributed by atoms with Crippen molar-refractivity contribution in [3.05, 3.63) is 21.9 Å². The van der Waals surface area contributed by atoms with E-state index in [4.69, 9.17) is 5.11 Å². The van der Waals surface area contributed by atoms with Crippen molar-refractivity contribution >= 4 is 5.97 Å². The minimum atomic E-state index is -0.773. The number of hydrogen-bond donors (Lipinski definition) is 1. The molecule has 0 bridgehead atoms. The fraction of sp³-hybridized carbons (Fsp3) is 0.833. The predicted octanol–water partition coefficient (Wildman–Crippen LogP) is 5.71. The van der Waals surface area contributed by atoms with Crippen molar-refractivity contribution in [2.75, 3.05) is 0 Å². The highest BCUT2D eigenvalue weighted by Crippen LogP contribution is 2.14. The Morgan fingerprint density at radius 2 is 1.43 bits per heavy atom. The van der Waals surface area contributed by atoms with E-state index in [1.807, 2.05) is 0 Å². The van der Waals surface area contributed by atoms with Gasteiger partial charge >= 0.3 is 5.97 Å². The lowest BCUT2D eigenvalue weighted by Gasteiger charge is -2.01. The molecule has 0 aromatic rings. The number of unbranched alkanes of at least 4 members (excludes halogenated alkanes) is 10. The summed E-state index contributed by atoms with van der Waals surface area (Å²) in [6, 6.07) is 0. The molecule has 0 fully saturated rings. The number of allylic oxidation sites excluding steroid dienone is 2. The molecule has 0 aliphatic heterocycles. The van der Waals surface area contributed by atoms with Crippen LogP contribution in [0.15, 0.2) is 11.8 Å². The Balaban J connectivity index is 3.71. The average molecular weight is 327 g/mol. The fourth-order valence-electron chi connectivity index (χ4n) is 2.57. The zero-order valence-electron chi connectivity index (χ0n) is 14.6. The molecule has 0 amide bonds. The van der Waals surface area contributed by atoms with E-state index < -0.39 is 5.97 Å². The summed E-state index contributed by atoms with van der Waals surface area (Å²) in [5, 5.41) is 19.5. The quantitative estimate of drug-likeness (QED) is 0.223. The predicted molar refractivity (Wildman–Crippen MR) is 93.0 cm³/mol. The molecule has 0 aliphatic rings. The summed E-state index contributed by atoms with van der Waals surface area (Å²) in [6.45, 7) is 2.20. The maximum absolute atomic E-state index is 11.0. The minimum Gasteiger partial charge on any atom is -0.481 e. The van der Waals surface area contributed by atoms with Crippen molar-refractivity contribution in [1.29, 1.82) is 0 Å². The second-order valence-corrected chi connectivity index (χ2v) is 6.17. The standard InChI is InChI=1S/C18H33NO4/c1-2-3-4-5-6-7-8-11-14-17(19(22)23)15-12-9-10-13-16-18(20)21/h14H,2-13,15-16H2,1H3,(H,20,21). The van der Waals surface area contributed by atoms with Crippen LogP contribution in [0.25, 0.3) is 0 Å². The maximum atomic E-state index is 11.0. The zero-order valence-corrected chi connectivity index (χ0v) is 14.6. The number of rotatable bonds is 16. The SMILES string of the molecule is CCCCCCCCCC=C(CCCCCCC(=O)O)[N+](=O)[O-]. The van der Waals surface area contributed by atoms with E-state index in [9.17, 15) is 14.9 Å². The van der Waals surface area contributed by atoms with Crippen LogP contribution in [0.2, 0.25) is 0 Å². The molecule has 0 rings (SSSR count). The van der Waals surface area contributed by atoms with Crippen LogP contribution in [0.1, 0.15) is 96.8 Å². The van der Waals surface area contributed by atoms with E-state index in [1.54, 1.807) is 6.08 Å². The fourth-order valence-corrected chi connectivity index (χ4v) is 2.57. The molecule has 0 heterocycles. The second-order valence-electron chi connectivity index (χ2n) is 6.17. The first-order valence-corrected chi connectivity index (χ1v) is 9.13. The maximum Gasteiger partial charge on any atom is 0.303 e. The van der Waals surface area contributed by atoms with Gasteiger partial charge in [-0.05, 0) is 31.8 Å². The second kappa shape index (κ2) is 15.5. The summed E-state index contributed by atoms with van der Waals surface area (Å²) in [5.41, 5.74) is 0.328. The number of nitro groups is 1. The van der Waals surface area contributed by atoms with E-state index in [0.717, 1.165) is 38.5 Å². The molecule has 0 aliphatic carbocycles. The Labute approximate surface area is 140 Å². The number of carboxylic acids is 1. The lowest BCUT2D eigenvalue weighted by atomic mass is 10.1. The minimum absolute atomic E-state index is 0.191. The first kappa shape index (κ1) is 21.6. The summed E-state index contributed by atoms with van der Waals surface area (Å²) in [6.07, 6.45) is 14.9. The zero-order chi connectivity index (χ0) is 17.3. The monoisotopic (exact) mass is 327 g/mol. The smallest absolute Gasteiger partial charge is 0.303 e. The summed E-state index contributed by atoms with van der Waals surface area (Å²) in [5.74, 6) is -0.773. The first-order chi connectivity index (χ1) is 11.1. The van der Waals surface area contributed by atoms with Gasteiger partial charge in [-0.2, -0.15) is 0 Å². The van der Waals surface area contributed by atoms with Gasteiger partial charge in [0.05, 0.1) is 4.92 Å². The van der Waals surface area contributed by atoms with Gasteiger partial charge in [0, 0.05) is 12.8 Å². The van der Waals surface area contributed by atoms with E-state index in [2.05, 4.69) is 6.92 Å². The molecule has 1 N–H and O–H groups in total. The lowest BCUT2D eigenvalue weighted by Crippen LogP contribution is -1.99. The van der Waals surface area contributed by atoms with Gasteiger partial charge in [-0.1, -0.05) is 58.3 Å². The third-order valence-corrected chi connectivity index (χ3v) is 4.00. The molecule has 0 spiro atoms. The number of nitrogens with zero attached hydrogens (tertiary/aromatic N) is 1. The number of aliphatic carboxylic acids is 1. The molecule has 0 unspecified atom stereocenters. The molecular formula is C18H33NO4. The van der Waals surface area contributed by atoms with Crippen LogP contribution in [0.4, 0.5) is 0 Å². The third kappa shape index (κ3) is 15.3. The van der Waals surface area contributed by atoms with Crippen LogP contribution in [-0.2, 0) is 4.79 Å². The summed E-state index contributed by atoms with van der Waals surface area (Å²) >= 11 is 0. The Kier molecular flexibility index (Phi) is 14.6. The molecule has 0 saturated heterocycles. The van der Waals surface area contributed by atoms with E-state index in [0.29, 0.717) is 18.5 Å². The first-order valence-electron chi connectivity index (χ1n) is 9.13. The molecule has 134 valence electrons. The van der Waals surface area contributed by atoms with Gasteiger partial charge < -0.3 is 5.11 Å². The van der Waals surface area contributed by atoms with E-state index in [-0.39, 0.29) is 11.3 Å². The molecule has 0 atom stereocenters. The Morgan fingerprint density at radius 3 is 2.00 bits per heavy atom. The van der Waals surface area contributed by atoms with Gasteiger partial charge in [0.25, 0.3) is 0 Å². The van der Waals surface area contributed by atoms with Crippen molar-refractivity contribution in [3.8, 4) is 0 Å². The topological polar surface area (TPSA) is 80.4 Å². The van der Waals surface area contributed by atoms with Crippen LogP contribution >= 0.6 is 0 Å². The molecule has 0 aromatic carbocycles. The van der Waals surface area contributed by atoms with Crippen molar-refractivity contribution < 1.29 is 14.8 Å². The van der Waals surface area contributed by atoms with Gasteiger partial charge in [-0.25, -0.2) is 0 Å². The van der Waals surface area contributed by atoms with Crippen LogP contribution < -0.4 is 0 Å². The van der Waals surface area contributed by atoms with Crippen LogP contribution in [0, 0.1) is 10.1 Å². The largest absolute Gasteiger partial charge is 0.481 e. The number of carbonyl (C=O) groups is 1. The molecule has 0 radical (unpaired) electrons. The van der Waals surface area contributed by atoms with Crippen LogP contribution in [0.5, 0.6) is 0 Å². The third-order valence-electron chi connectivity index (χ3n) is 4.00. The molecular weight excluding hydrogens is 294 g/mol. The molecule has 23 heavy (non-hydrogen) atoms. The van der Waals surface area contributed by atoms with Crippen molar-refractivity contribution in [2.45, 2.75) is 96.8 Å². The molecule has 0 saturated carbocycles. The van der Waals surface area contributed by atoms with Gasteiger partial charge in [0.2, 0.25) is 5.70 Å². The van der Waals surface area contributed by atoms with Crippen molar-refractivity contribution in [1.82, 2.24) is 0 Å². The summed E-state index contributed by atoms with van der Waals surface area (Å²) < 4.78 is 0. The van der Waals surface area contributed by atoms with Crippen LogP contribution in [-0.4, -0.2) is 16.0 Å². The van der Waals surface area contributed by atoms with E-state index >= 15 is 0 Å². The highest BCUT2D eigenvalue weighted by molar-refractivity contribution is 5.66. The van der Waals surface area contributed by atoms with Gasteiger partial charge in [0.1, 0.15) is 0 Å². The number of carboxylic acid groups (broad SMARTS) is 1. The van der Waals surface area contributed by atoms with Crippen molar-refractivity contribution in [3.63, 3.8) is 0 Å². The summed E-state index contributed by atoms with van der Waals surface area (Å²) in [7, 11) is 0. The van der Waals surface area contributed by atoms with Crippen LogP contribution in [0.3, 0.4) is 0 Å². The van der Waals surface area contributed by atoms with E-state index in [1.165, 1.54) is 32.1 Å². The Hall–Kier alpha value is -1.39. The van der Waals surface area contributed by atoms with Gasteiger partial charge in [-0.3, -0.25) is 14.9 Å². The summed E-state index contributed by atoms with van der Waals surface area (Å²) in [4.78, 5) is 21.1. The van der Waals surface area contributed by atoms with Gasteiger partial charge in [0.15, 0.2) is 0 Å². The number of hydrogen-bond acceptors (Lipinski definition) is 3. The highest BCUT2D eigenvalue weighted by atomic mass is 16.6. The molecule has 0 aromatic heterocycles. The Bertz CT molecular complexity index is 353. The van der Waals surface area contributed by atoms with Crippen molar-refractivity contribution in [2.24, 2.45) is 0 Å². The highest BCUT2D eigenvalue weighted by Gasteiger charge is 2.09. The van der Waals surface area contributed by atoms with Gasteiger partial charge in [-0.15, -0.1) is 0 Å². The molecule has 5 nitrogen and oxygen atoms in total.